The second-order valence-electron chi connectivity index (χ2n) is 4.80. The normalized spacial score (nSPS) is 10.4. The molecule has 110 valence electrons. The molecule has 3 rings (SSSR count). The summed E-state index contributed by atoms with van der Waals surface area (Å²) in [6, 6.07) is 12.8. The Kier molecular flexibility index (Phi) is 4.21. The first-order chi connectivity index (χ1) is 10.7. The van der Waals surface area contributed by atoms with Gasteiger partial charge in [-0.1, -0.05) is 17.7 Å². The van der Waals surface area contributed by atoms with Crippen LogP contribution in [0.25, 0.3) is 5.69 Å². The lowest BCUT2D eigenvalue weighted by Crippen LogP contribution is -2.24. The maximum Gasteiger partial charge on any atom is 0.253 e. The number of benzene rings is 1. The van der Waals surface area contributed by atoms with Crippen molar-refractivity contribution in [2.75, 3.05) is 0 Å². The molecule has 2 aromatic heterocycles. The number of nitrogens with one attached hydrogen (secondary N) is 1. The number of nitrogens with zero attached hydrogens (tertiary/aromatic N) is 2. The van der Waals surface area contributed by atoms with Gasteiger partial charge in [0.2, 0.25) is 0 Å². The fraction of sp³-hybridized carbons (Fsp3) is 0.0588. The molecule has 1 aromatic carbocycles. The van der Waals surface area contributed by atoms with Crippen molar-refractivity contribution in [3.8, 4) is 5.69 Å². The fourth-order valence-corrected chi connectivity index (χ4v) is 2.35. The molecule has 0 fully saturated rings. The van der Waals surface area contributed by atoms with E-state index in [0.717, 1.165) is 11.3 Å². The Morgan fingerprint density at radius 1 is 1.18 bits per heavy atom. The third kappa shape index (κ3) is 3.18. The maximum absolute atomic E-state index is 12.5. The summed E-state index contributed by atoms with van der Waals surface area (Å²) in [5.41, 5.74) is 2.28. The molecule has 0 aliphatic rings. The van der Waals surface area contributed by atoms with Crippen molar-refractivity contribution in [1.82, 2.24) is 14.9 Å². The average Bonchev–Trinajstić information content (AvgIpc) is 3.08. The van der Waals surface area contributed by atoms with Gasteiger partial charge in [-0.15, -0.1) is 0 Å². The van der Waals surface area contributed by atoms with Crippen LogP contribution < -0.4 is 5.32 Å². The molecular formula is C17H14ClN3O. The van der Waals surface area contributed by atoms with Crippen molar-refractivity contribution in [3.05, 3.63) is 83.4 Å². The largest absolute Gasteiger partial charge is 0.348 e. The van der Waals surface area contributed by atoms with Gasteiger partial charge in [-0.05, 0) is 42.0 Å². The molecule has 0 saturated heterocycles. The van der Waals surface area contributed by atoms with Crippen molar-refractivity contribution >= 4 is 17.5 Å². The van der Waals surface area contributed by atoms with E-state index in [0.29, 0.717) is 17.1 Å². The number of rotatable bonds is 4. The van der Waals surface area contributed by atoms with Gasteiger partial charge in [-0.25, -0.2) is 0 Å². The van der Waals surface area contributed by atoms with Crippen LogP contribution in [0, 0.1) is 0 Å². The minimum atomic E-state index is -0.149. The van der Waals surface area contributed by atoms with Crippen molar-refractivity contribution in [3.63, 3.8) is 0 Å². The third-order valence-electron chi connectivity index (χ3n) is 3.26. The van der Waals surface area contributed by atoms with Crippen LogP contribution in [0.1, 0.15) is 15.9 Å². The average molecular weight is 312 g/mol. The van der Waals surface area contributed by atoms with Gasteiger partial charge in [0, 0.05) is 36.4 Å². The van der Waals surface area contributed by atoms with E-state index in [9.17, 15) is 4.79 Å². The van der Waals surface area contributed by atoms with E-state index in [1.807, 2.05) is 41.2 Å². The summed E-state index contributed by atoms with van der Waals surface area (Å²) in [6.07, 6.45) is 7.19. The molecule has 0 radical (unpaired) electrons. The summed E-state index contributed by atoms with van der Waals surface area (Å²) >= 11 is 6.06. The van der Waals surface area contributed by atoms with Crippen LogP contribution in [0.5, 0.6) is 0 Å². The lowest BCUT2D eigenvalue weighted by atomic mass is 10.1. The van der Waals surface area contributed by atoms with E-state index in [-0.39, 0.29) is 5.91 Å². The molecule has 0 bridgehead atoms. The number of hydrogen-bond acceptors (Lipinski definition) is 2. The van der Waals surface area contributed by atoms with Gasteiger partial charge in [0.15, 0.2) is 0 Å². The molecule has 2 heterocycles. The fourth-order valence-electron chi connectivity index (χ4n) is 2.19. The smallest absolute Gasteiger partial charge is 0.253 e. The topological polar surface area (TPSA) is 46.9 Å². The summed E-state index contributed by atoms with van der Waals surface area (Å²) < 4.78 is 1.87. The zero-order valence-corrected chi connectivity index (χ0v) is 12.5. The molecule has 3 aromatic rings. The Morgan fingerprint density at radius 3 is 2.73 bits per heavy atom. The summed E-state index contributed by atoms with van der Waals surface area (Å²) in [7, 11) is 0. The molecule has 5 heteroatoms. The van der Waals surface area contributed by atoms with Gasteiger partial charge in [-0.2, -0.15) is 0 Å². The minimum Gasteiger partial charge on any atom is -0.348 e. The van der Waals surface area contributed by atoms with Crippen molar-refractivity contribution in [2.24, 2.45) is 0 Å². The van der Waals surface area contributed by atoms with Crippen LogP contribution in [0.4, 0.5) is 0 Å². The van der Waals surface area contributed by atoms with E-state index in [1.54, 1.807) is 30.6 Å². The lowest BCUT2D eigenvalue weighted by molar-refractivity contribution is 0.0951. The molecular weight excluding hydrogens is 298 g/mol. The number of carbonyl (C=O) groups excluding carboxylic acids is 1. The van der Waals surface area contributed by atoms with Crippen LogP contribution in [0.15, 0.2) is 67.3 Å². The molecule has 0 unspecified atom stereocenters. The third-order valence-corrected chi connectivity index (χ3v) is 3.50. The highest BCUT2D eigenvalue weighted by Gasteiger charge is 2.12. The predicted octanol–water partition coefficient (Wildman–Crippen LogP) is 3.46. The Morgan fingerprint density at radius 2 is 2.00 bits per heavy atom. The standard InChI is InChI=1S/C17H14ClN3O/c18-14-5-6-15(16(10-14)21-8-1-2-9-21)17(22)20-12-13-4-3-7-19-11-13/h1-11H,12H2,(H,20,22). The first-order valence-corrected chi connectivity index (χ1v) is 7.22. The second kappa shape index (κ2) is 6.45. The van der Waals surface area contributed by atoms with E-state index in [4.69, 9.17) is 11.6 Å². The van der Waals surface area contributed by atoms with E-state index < -0.39 is 0 Å². The highest BCUT2D eigenvalue weighted by Crippen LogP contribution is 2.20. The number of pyridine rings is 1. The summed E-state index contributed by atoms with van der Waals surface area (Å²) in [5, 5.41) is 3.49. The van der Waals surface area contributed by atoms with Crippen molar-refractivity contribution in [1.29, 1.82) is 0 Å². The number of carbonyl (C=O) groups is 1. The zero-order chi connectivity index (χ0) is 15.4. The molecule has 0 aliphatic heterocycles. The molecule has 1 N–H and O–H groups in total. The molecule has 4 nitrogen and oxygen atoms in total. The highest BCUT2D eigenvalue weighted by molar-refractivity contribution is 6.31. The number of hydrogen-bond donors (Lipinski definition) is 1. The summed E-state index contributed by atoms with van der Waals surface area (Å²) in [4.78, 5) is 16.5. The quantitative estimate of drug-likeness (QED) is 0.802. The minimum absolute atomic E-state index is 0.149. The first kappa shape index (κ1) is 14.4. The van der Waals surface area contributed by atoms with Crippen molar-refractivity contribution in [2.45, 2.75) is 6.54 Å². The highest BCUT2D eigenvalue weighted by atomic mass is 35.5. The van der Waals surface area contributed by atoms with E-state index >= 15 is 0 Å². The second-order valence-corrected chi connectivity index (χ2v) is 5.23. The van der Waals surface area contributed by atoms with Gasteiger partial charge in [0.05, 0.1) is 11.3 Å². The van der Waals surface area contributed by atoms with Crippen LogP contribution in [0.2, 0.25) is 5.02 Å². The van der Waals surface area contributed by atoms with Gasteiger partial charge >= 0.3 is 0 Å². The Labute approximate surface area is 133 Å². The lowest BCUT2D eigenvalue weighted by Gasteiger charge is -2.11. The molecule has 0 atom stereocenters. The first-order valence-electron chi connectivity index (χ1n) is 6.84. The SMILES string of the molecule is O=C(NCc1cccnc1)c1ccc(Cl)cc1-n1cccc1. The van der Waals surface area contributed by atoms with Crippen LogP contribution in [-0.4, -0.2) is 15.5 Å². The van der Waals surface area contributed by atoms with Gasteiger partial charge in [0.25, 0.3) is 5.91 Å². The number of amides is 1. The molecule has 0 saturated carbocycles. The van der Waals surface area contributed by atoms with Crippen LogP contribution in [-0.2, 0) is 6.54 Å². The van der Waals surface area contributed by atoms with Crippen LogP contribution >= 0.6 is 11.6 Å². The maximum atomic E-state index is 12.5. The molecule has 0 aliphatic carbocycles. The summed E-state index contributed by atoms with van der Waals surface area (Å²) in [5.74, 6) is -0.149. The Balaban J connectivity index is 1.83. The number of aromatic nitrogens is 2. The van der Waals surface area contributed by atoms with Gasteiger partial charge < -0.3 is 9.88 Å². The van der Waals surface area contributed by atoms with Gasteiger partial charge in [0.1, 0.15) is 0 Å². The van der Waals surface area contributed by atoms with Crippen LogP contribution in [0.3, 0.4) is 0 Å². The Hall–Kier alpha value is -2.59. The van der Waals surface area contributed by atoms with Crippen molar-refractivity contribution < 1.29 is 4.79 Å². The van der Waals surface area contributed by atoms with Gasteiger partial charge in [-0.3, -0.25) is 9.78 Å². The van der Waals surface area contributed by atoms with E-state index in [1.165, 1.54) is 0 Å². The summed E-state index contributed by atoms with van der Waals surface area (Å²) in [6.45, 7) is 0.431. The Bertz CT molecular complexity index is 770. The predicted molar refractivity (Wildman–Crippen MR) is 86.2 cm³/mol. The molecule has 22 heavy (non-hydrogen) atoms. The van der Waals surface area contributed by atoms with E-state index in [2.05, 4.69) is 10.3 Å². The number of halogens is 1. The molecule has 0 spiro atoms. The monoisotopic (exact) mass is 311 g/mol. The molecule has 1 amide bonds. The zero-order valence-electron chi connectivity index (χ0n) is 11.7.